The zero-order valence-electron chi connectivity index (χ0n) is 71.2. The highest BCUT2D eigenvalue weighted by atomic mass is 16.7. The van der Waals surface area contributed by atoms with E-state index in [1.165, 1.54) is 24.5 Å². The number of amides is 6. The van der Waals surface area contributed by atoms with Crippen LogP contribution in [0.15, 0.2) is 97.1 Å². The van der Waals surface area contributed by atoms with Crippen LogP contribution in [0.3, 0.4) is 0 Å². The van der Waals surface area contributed by atoms with E-state index in [1.54, 1.807) is 30.6 Å². The van der Waals surface area contributed by atoms with Crippen molar-refractivity contribution in [2.75, 3.05) is 32.7 Å². The van der Waals surface area contributed by atoms with Crippen molar-refractivity contribution < 1.29 is 72.2 Å². The highest BCUT2D eigenvalue weighted by Gasteiger charge is 2.68. The molecular weight excluding hydrogens is 1450 g/mol. The van der Waals surface area contributed by atoms with Crippen LogP contribution in [-0.2, 0) is 65.2 Å². The first-order valence-electron chi connectivity index (χ1n) is 43.0. The summed E-state index contributed by atoms with van der Waals surface area (Å²) in [6.45, 7) is 29.1. The second-order valence-corrected chi connectivity index (χ2v) is 35.4. The molecule has 8 N–H and O–H groups in total. The number of carbonyl (C=O) groups is 10. The van der Waals surface area contributed by atoms with Crippen molar-refractivity contribution >= 4 is 65.9 Å². The topological polar surface area (TPSA) is 319 Å². The minimum Gasteiger partial charge on any atom is -0.480 e. The molecular formula is C92H134BN7O15. The third kappa shape index (κ3) is 25.5. The number of benzene rings is 4. The highest BCUT2D eigenvalue weighted by Crippen LogP contribution is 2.66. The molecule has 3 aliphatic heterocycles. The van der Waals surface area contributed by atoms with E-state index in [9.17, 15) is 58.2 Å². The number of ketones is 3. The summed E-state index contributed by atoms with van der Waals surface area (Å²) >= 11 is 0. The summed E-state index contributed by atoms with van der Waals surface area (Å²) in [5.74, 6) is -5.55. The van der Waals surface area contributed by atoms with Crippen molar-refractivity contribution in [3.05, 3.63) is 119 Å². The minimum absolute atomic E-state index is 0.00771. The van der Waals surface area contributed by atoms with E-state index in [0.717, 1.165) is 80.0 Å². The Morgan fingerprint density at radius 1 is 0.548 bits per heavy atom. The van der Waals surface area contributed by atoms with Gasteiger partial charge in [-0.05, 0) is 219 Å². The van der Waals surface area contributed by atoms with Crippen molar-refractivity contribution in [3.8, 4) is 22.3 Å². The molecule has 6 aliphatic rings. The molecule has 0 aromatic heterocycles. The lowest BCUT2D eigenvalue weighted by Crippen LogP contribution is -2.65. The number of hydrogen-bond donors (Lipinski definition) is 7. The summed E-state index contributed by atoms with van der Waals surface area (Å²) in [7, 11) is -0.508. The fourth-order valence-electron chi connectivity index (χ4n) is 17.3. The number of aliphatic hydroxyl groups excluding tert-OH is 1. The van der Waals surface area contributed by atoms with Crippen molar-refractivity contribution in [2.45, 2.75) is 298 Å². The molecule has 0 radical (unpaired) electrons. The number of rotatable bonds is 40. The second kappa shape index (κ2) is 43.0. The van der Waals surface area contributed by atoms with Crippen molar-refractivity contribution in [3.63, 3.8) is 0 Å². The molecule has 4 aromatic rings. The van der Waals surface area contributed by atoms with E-state index in [2.05, 4.69) is 104 Å². The molecule has 3 saturated carbocycles. The maximum Gasteiger partial charge on any atom is 0.461 e. The van der Waals surface area contributed by atoms with Crippen LogP contribution in [0.4, 0.5) is 0 Å². The number of carboxylic acid groups (broad SMARTS) is 1. The quantitative estimate of drug-likeness (QED) is 0.0161. The number of nitrogens with one attached hydrogen (secondary N) is 4. The van der Waals surface area contributed by atoms with Crippen LogP contribution in [0.5, 0.6) is 0 Å². The number of likely N-dealkylation sites (tertiary alicyclic amines) is 2. The van der Waals surface area contributed by atoms with E-state index in [0.29, 0.717) is 113 Å². The number of nitrogens with zero attached hydrogens (tertiary/aromatic N) is 2. The second-order valence-electron chi connectivity index (χ2n) is 35.4. The van der Waals surface area contributed by atoms with E-state index in [-0.39, 0.29) is 77.4 Å². The lowest BCUT2D eigenvalue weighted by Gasteiger charge is -2.64. The number of Topliss-reactive ketones (excluding diaryl/α,β-unsaturated/α-hetero) is 3. The molecule has 630 valence electrons. The SMILES string of the molecule is CCCCC[C@H](NC(=O)[C@H](C)CC(=O)[C@@H](NC(=O)C1CCN(C(=O)c2ccc(-c3ccc(CCCC)cc3)cc2)CC1)[C@@H](C)OC(C)(C)C)C(=O)O.CCCCc1ccc(-c2ccc(C(=O)N3CCC(C(=O)N[C@H](C(=O)C[C@@H](C)C(=O)N[C@@H](CCCCN)C(=O)C[C@@H](C)B4OC5C[C@@H]6C[C@@H](C6(C)C)[C@]5(C)O4)[C@@H](C)O)CC3)cc2)cc1. The average Bonchev–Trinajstić information content (AvgIpc) is 1.64. The summed E-state index contributed by atoms with van der Waals surface area (Å²) in [5.41, 5.74) is 13.1. The number of ether oxygens (including phenoxy) is 1. The first-order chi connectivity index (χ1) is 54.6. The van der Waals surface area contributed by atoms with E-state index in [1.807, 2.05) is 83.1 Å². The van der Waals surface area contributed by atoms with Crippen LogP contribution in [0.2, 0.25) is 5.82 Å². The lowest BCUT2D eigenvalue weighted by atomic mass is 9.43. The number of carboxylic acids is 1. The Kier molecular flexibility index (Phi) is 34.6. The number of aryl methyl sites for hydroxylation is 2. The van der Waals surface area contributed by atoms with Gasteiger partial charge >= 0.3 is 13.1 Å². The molecule has 1 unspecified atom stereocenters. The molecule has 6 fully saturated rings. The van der Waals surface area contributed by atoms with Gasteiger partial charge in [-0.2, -0.15) is 0 Å². The molecule has 115 heavy (non-hydrogen) atoms. The van der Waals surface area contributed by atoms with Crippen molar-refractivity contribution in [1.29, 1.82) is 0 Å². The Hall–Kier alpha value is -7.96. The maximum absolute atomic E-state index is 13.8. The molecule has 23 heteroatoms. The summed E-state index contributed by atoms with van der Waals surface area (Å²) in [6, 6.07) is 28.4. The molecule has 22 nitrogen and oxygen atoms in total. The van der Waals surface area contributed by atoms with Crippen LogP contribution in [0.1, 0.15) is 257 Å². The first-order valence-corrected chi connectivity index (χ1v) is 43.0. The van der Waals surface area contributed by atoms with Gasteiger partial charge in [0.15, 0.2) is 17.3 Å². The molecule has 10 rings (SSSR count). The number of unbranched alkanes of at least 4 members (excludes halogenated alkanes) is 5. The van der Waals surface area contributed by atoms with Gasteiger partial charge in [-0.3, -0.25) is 43.2 Å². The largest absolute Gasteiger partial charge is 0.480 e. The van der Waals surface area contributed by atoms with Crippen molar-refractivity contribution in [2.24, 2.45) is 46.7 Å². The Balaban J connectivity index is 0.000000293. The zero-order valence-corrected chi connectivity index (χ0v) is 71.2. The van der Waals surface area contributed by atoms with Gasteiger partial charge in [0.1, 0.15) is 18.1 Å². The number of hydrogen-bond acceptors (Lipinski definition) is 15. The normalized spacial score (nSPS) is 21.0. The molecule has 3 heterocycles. The van der Waals surface area contributed by atoms with Gasteiger partial charge in [0.25, 0.3) is 11.8 Å². The van der Waals surface area contributed by atoms with Gasteiger partial charge in [-0.25, -0.2) is 4.79 Å². The molecule has 0 spiro atoms. The van der Waals surface area contributed by atoms with Gasteiger partial charge in [-0.1, -0.05) is 160 Å². The van der Waals surface area contributed by atoms with Gasteiger partial charge in [0.2, 0.25) is 23.6 Å². The predicted molar refractivity (Wildman–Crippen MR) is 449 cm³/mol. The smallest absolute Gasteiger partial charge is 0.461 e. The third-order valence-electron chi connectivity index (χ3n) is 24.8. The van der Waals surface area contributed by atoms with E-state index in [4.69, 9.17) is 19.8 Å². The molecule has 13 atom stereocenters. The minimum atomic E-state index is -1.21. The fourth-order valence-corrected chi connectivity index (χ4v) is 17.3. The van der Waals surface area contributed by atoms with Crippen molar-refractivity contribution in [1.82, 2.24) is 31.1 Å². The summed E-state index contributed by atoms with van der Waals surface area (Å²) in [4.78, 5) is 137. The number of carbonyl (C=O) groups excluding carboxylic acids is 9. The third-order valence-corrected chi connectivity index (χ3v) is 24.8. The Morgan fingerprint density at radius 3 is 1.38 bits per heavy atom. The Labute approximate surface area is 684 Å². The molecule has 3 aliphatic carbocycles. The Bertz CT molecular complexity index is 3890. The molecule has 4 aromatic carbocycles. The number of aliphatic carboxylic acids is 1. The number of nitrogens with two attached hydrogens (primary N) is 1. The standard InChI is InChI=1S/C50H73BN4O8.C42H61N3O7/c1-8-9-12-34-14-16-35(17-15-34)36-18-20-38(21-19-36)48(61)55-25-22-37(23-26-55)47(60)54-45(33(4)56)42(58)27-31(2)46(59)53-40(13-10-11-24-52)41(57)28-32(3)51-62-44-30-39-29-43(49(39,5)6)50(44,7)63-51;1-8-10-12-14-35(41(50)51)43-38(47)28(3)27-36(46)37(29(4)52-42(5,6)7)44-39(48)33-23-25-45(26-24-33)40(49)34-21-19-32(20-22-34)31-17-15-30(16-18-31)13-11-9-2/h14-21,31-33,37,39-40,43-45,56H,8-13,22-30,52H2,1-7H3,(H,53,59)(H,54,60);15-22,28-29,33,35,37H,8-14,23-27H2,1-7H3,(H,43,47)(H,44,48)(H,50,51)/t31-,32-,33-,39+,40+,43+,44?,45+,50+;28-,29-,35+,37+/m11/s1. The zero-order chi connectivity index (χ0) is 84.1. The molecule has 2 bridgehead atoms. The molecule has 3 saturated heterocycles. The summed E-state index contributed by atoms with van der Waals surface area (Å²) < 4.78 is 19.2. The Morgan fingerprint density at radius 2 is 0.965 bits per heavy atom. The lowest BCUT2D eigenvalue weighted by molar-refractivity contribution is -0.199. The molecule has 6 amide bonds. The highest BCUT2D eigenvalue weighted by molar-refractivity contribution is 6.47. The average molecular weight is 1590 g/mol. The van der Waals surface area contributed by atoms with Crippen LogP contribution in [0.25, 0.3) is 22.3 Å². The van der Waals surface area contributed by atoms with Crippen LogP contribution in [0, 0.1) is 40.9 Å². The van der Waals surface area contributed by atoms with Crippen LogP contribution < -0.4 is 27.0 Å². The monoisotopic (exact) mass is 1590 g/mol. The number of piperidine rings is 2. The van der Waals surface area contributed by atoms with Crippen LogP contribution in [-0.4, -0.2) is 172 Å². The van der Waals surface area contributed by atoms with E-state index >= 15 is 0 Å². The fraction of sp³-hybridized carbons (Fsp3) is 0.630. The predicted octanol–water partition coefficient (Wildman–Crippen LogP) is 13.7. The van der Waals surface area contributed by atoms with Gasteiger partial charge in [0.05, 0.1) is 35.6 Å². The maximum atomic E-state index is 13.8. The first kappa shape index (κ1) is 92.6. The summed E-state index contributed by atoms with van der Waals surface area (Å²) in [5, 5.41) is 31.4. The van der Waals surface area contributed by atoms with E-state index < -0.39 is 96.3 Å². The van der Waals surface area contributed by atoms with Gasteiger partial charge in [-0.15, -0.1) is 0 Å². The number of aliphatic hydroxyl groups is 1. The van der Waals surface area contributed by atoms with Crippen LogP contribution >= 0.6 is 0 Å². The van der Waals surface area contributed by atoms with Gasteiger partial charge < -0.3 is 61.1 Å². The summed E-state index contributed by atoms with van der Waals surface area (Å²) in [6.07, 6.45) is 13.0. The van der Waals surface area contributed by atoms with Gasteiger partial charge in [0, 0.05) is 80.2 Å².